The number of carbonyl (C=O) groups excluding carboxylic acids is 2. The number of amides is 1. The van der Waals surface area contributed by atoms with Crippen LogP contribution in [0.2, 0.25) is 0 Å². The number of hydrogen-bond donors (Lipinski definition) is 1. The Balaban J connectivity index is 1.71. The normalized spacial score (nSPS) is 10.6. The van der Waals surface area contributed by atoms with Gasteiger partial charge in [0.25, 0.3) is 0 Å². The number of nitrogens with zero attached hydrogens (tertiary/aromatic N) is 3. The second-order valence-electron chi connectivity index (χ2n) is 7.21. The van der Waals surface area contributed by atoms with E-state index < -0.39 is 0 Å². The van der Waals surface area contributed by atoms with Gasteiger partial charge in [-0.2, -0.15) is 0 Å². The third-order valence-electron chi connectivity index (χ3n) is 5.18. The number of aryl methyl sites for hydroxylation is 2. The fourth-order valence-corrected chi connectivity index (χ4v) is 3.32. The molecule has 2 heterocycles. The molecule has 0 bridgehead atoms. The molecular weight excluding hydrogens is 376 g/mol. The summed E-state index contributed by atoms with van der Waals surface area (Å²) in [5, 5.41) is 0. The van der Waals surface area contributed by atoms with E-state index in [0.717, 1.165) is 27.9 Å². The number of pyridine rings is 2. The summed E-state index contributed by atoms with van der Waals surface area (Å²) in [5.74, 6) is 0.495. The summed E-state index contributed by atoms with van der Waals surface area (Å²) in [6.07, 6.45) is 4.67. The van der Waals surface area contributed by atoms with E-state index in [2.05, 4.69) is 9.97 Å². The van der Waals surface area contributed by atoms with Crippen molar-refractivity contribution in [1.29, 1.82) is 0 Å². The molecule has 0 saturated carbocycles. The van der Waals surface area contributed by atoms with Gasteiger partial charge in [0.15, 0.2) is 5.78 Å². The van der Waals surface area contributed by atoms with Crippen LogP contribution in [0.1, 0.15) is 41.4 Å². The van der Waals surface area contributed by atoms with Crippen molar-refractivity contribution in [3.8, 4) is 11.1 Å². The second-order valence-corrected chi connectivity index (χ2v) is 7.21. The van der Waals surface area contributed by atoms with Gasteiger partial charge in [0.05, 0.1) is 0 Å². The molecule has 0 fully saturated rings. The van der Waals surface area contributed by atoms with E-state index in [1.807, 2.05) is 50.2 Å². The first kappa shape index (κ1) is 21.2. The Hall–Kier alpha value is -3.54. The first-order chi connectivity index (χ1) is 14.4. The Bertz CT molecular complexity index is 1060. The highest BCUT2D eigenvalue weighted by Gasteiger charge is 2.13. The molecule has 0 saturated heterocycles. The van der Waals surface area contributed by atoms with Gasteiger partial charge < -0.3 is 10.6 Å². The van der Waals surface area contributed by atoms with Crippen LogP contribution >= 0.6 is 0 Å². The summed E-state index contributed by atoms with van der Waals surface area (Å²) in [4.78, 5) is 34.5. The minimum Gasteiger partial charge on any atom is -0.383 e. The van der Waals surface area contributed by atoms with Gasteiger partial charge in [0, 0.05) is 43.5 Å². The summed E-state index contributed by atoms with van der Waals surface area (Å²) in [6.45, 7) is 3.85. The first-order valence-electron chi connectivity index (χ1n) is 9.97. The second kappa shape index (κ2) is 9.31. The molecule has 0 radical (unpaired) electrons. The standard InChI is InChI=1S/C24H26N4O2/c1-4-23(30)28(3)19-9-10-20(16(2)14-19)18-7-11-21(27-15-18)22(29)12-8-17-6-5-13-26-24(17)25/h5-7,9-11,13-15H,4,8,12H2,1-3H3,(H2,25,26). The molecule has 0 spiro atoms. The number of carbonyl (C=O) groups is 2. The van der Waals surface area contributed by atoms with Crippen LogP contribution in [0.3, 0.4) is 0 Å². The molecular formula is C24H26N4O2. The minimum atomic E-state index is -0.0309. The first-order valence-corrected chi connectivity index (χ1v) is 9.97. The van der Waals surface area contributed by atoms with E-state index in [1.54, 1.807) is 30.4 Å². The molecule has 154 valence electrons. The number of nitrogens with two attached hydrogens (primary N) is 1. The summed E-state index contributed by atoms with van der Waals surface area (Å²) in [5.41, 5.74) is 11.0. The zero-order valence-corrected chi connectivity index (χ0v) is 17.6. The molecule has 0 atom stereocenters. The van der Waals surface area contributed by atoms with E-state index in [9.17, 15) is 9.59 Å². The molecule has 1 aromatic carbocycles. The molecule has 6 nitrogen and oxygen atoms in total. The van der Waals surface area contributed by atoms with Gasteiger partial charge in [0.2, 0.25) is 5.91 Å². The third-order valence-corrected chi connectivity index (χ3v) is 5.18. The van der Waals surface area contributed by atoms with E-state index in [4.69, 9.17) is 5.73 Å². The highest BCUT2D eigenvalue weighted by atomic mass is 16.2. The molecule has 3 rings (SSSR count). The fraction of sp³-hybridized carbons (Fsp3) is 0.250. The molecule has 0 aliphatic heterocycles. The number of rotatable bonds is 7. The van der Waals surface area contributed by atoms with Crippen LogP contribution in [0.25, 0.3) is 11.1 Å². The monoisotopic (exact) mass is 402 g/mol. The van der Waals surface area contributed by atoms with Crippen LogP contribution < -0.4 is 10.6 Å². The molecule has 6 heteroatoms. The molecule has 30 heavy (non-hydrogen) atoms. The zero-order valence-electron chi connectivity index (χ0n) is 17.6. The molecule has 2 aromatic heterocycles. The molecule has 0 unspecified atom stereocenters. The van der Waals surface area contributed by atoms with E-state index in [-0.39, 0.29) is 11.7 Å². The number of Topliss-reactive ketones (excluding diaryl/α,β-unsaturated/α-hetero) is 1. The molecule has 0 aliphatic rings. The van der Waals surface area contributed by atoms with Crippen LogP contribution in [0.5, 0.6) is 0 Å². The van der Waals surface area contributed by atoms with Crippen molar-refractivity contribution in [2.75, 3.05) is 17.7 Å². The van der Waals surface area contributed by atoms with Crippen molar-refractivity contribution in [2.24, 2.45) is 0 Å². The lowest BCUT2D eigenvalue weighted by molar-refractivity contribution is -0.118. The lowest BCUT2D eigenvalue weighted by Gasteiger charge is -2.18. The van der Waals surface area contributed by atoms with Crippen LogP contribution in [-0.2, 0) is 11.2 Å². The number of anilines is 2. The number of ketones is 1. The smallest absolute Gasteiger partial charge is 0.226 e. The predicted octanol–water partition coefficient (Wildman–Crippen LogP) is 4.22. The van der Waals surface area contributed by atoms with Crippen LogP contribution in [0.4, 0.5) is 11.5 Å². The summed E-state index contributed by atoms with van der Waals surface area (Å²) < 4.78 is 0. The maximum atomic E-state index is 12.5. The summed E-state index contributed by atoms with van der Waals surface area (Å²) >= 11 is 0. The van der Waals surface area contributed by atoms with Crippen molar-refractivity contribution in [2.45, 2.75) is 33.1 Å². The van der Waals surface area contributed by atoms with Gasteiger partial charge in [-0.1, -0.05) is 25.1 Å². The highest BCUT2D eigenvalue weighted by molar-refractivity contribution is 5.95. The Labute approximate surface area is 176 Å². The van der Waals surface area contributed by atoms with Crippen LogP contribution in [0.15, 0.2) is 54.9 Å². The SMILES string of the molecule is CCC(=O)N(C)c1ccc(-c2ccc(C(=O)CCc3cccnc3N)nc2)c(C)c1. The number of hydrogen-bond acceptors (Lipinski definition) is 5. The summed E-state index contributed by atoms with van der Waals surface area (Å²) in [6, 6.07) is 13.2. The summed E-state index contributed by atoms with van der Waals surface area (Å²) in [7, 11) is 1.78. The Kier molecular flexibility index (Phi) is 6.57. The number of benzene rings is 1. The van der Waals surface area contributed by atoms with Crippen molar-refractivity contribution >= 4 is 23.2 Å². The molecule has 0 aliphatic carbocycles. The predicted molar refractivity (Wildman–Crippen MR) is 119 cm³/mol. The van der Waals surface area contributed by atoms with Gasteiger partial charge in [-0.3, -0.25) is 14.6 Å². The van der Waals surface area contributed by atoms with Crippen molar-refractivity contribution in [3.63, 3.8) is 0 Å². The van der Waals surface area contributed by atoms with Gasteiger partial charge >= 0.3 is 0 Å². The molecule has 1 amide bonds. The van der Waals surface area contributed by atoms with Crippen LogP contribution in [-0.4, -0.2) is 28.7 Å². The van der Waals surface area contributed by atoms with E-state index in [1.165, 1.54) is 0 Å². The largest absolute Gasteiger partial charge is 0.383 e. The lowest BCUT2D eigenvalue weighted by atomic mass is 10.00. The van der Waals surface area contributed by atoms with Crippen molar-refractivity contribution in [1.82, 2.24) is 9.97 Å². The Morgan fingerprint density at radius 1 is 1.10 bits per heavy atom. The Morgan fingerprint density at radius 3 is 2.53 bits per heavy atom. The van der Waals surface area contributed by atoms with Crippen LogP contribution in [0, 0.1) is 6.92 Å². The number of nitrogen functional groups attached to an aromatic ring is 1. The minimum absolute atomic E-state index is 0.0309. The molecule has 3 aromatic rings. The van der Waals surface area contributed by atoms with Gasteiger partial charge in [0.1, 0.15) is 11.5 Å². The van der Waals surface area contributed by atoms with Crippen molar-refractivity contribution in [3.05, 3.63) is 71.7 Å². The number of aromatic nitrogens is 2. The van der Waals surface area contributed by atoms with Gasteiger partial charge in [-0.25, -0.2) is 4.98 Å². The highest BCUT2D eigenvalue weighted by Crippen LogP contribution is 2.27. The molecule has 2 N–H and O–H groups in total. The zero-order chi connectivity index (χ0) is 21.7. The Morgan fingerprint density at radius 2 is 1.90 bits per heavy atom. The maximum Gasteiger partial charge on any atom is 0.226 e. The van der Waals surface area contributed by atoms with E-state index in [0.29, 0.717) is 30.8 Å². The third kappa shape index (κ3) is 4.71. The van der Waals surface area contributed by atoms with Crippen molar-refractivity contribution < 1.29 is 9.59 Å². The fourth-order valence-electron chi connectivity index (χ4n) is 3.32. The lowest BCUT2D eigenvalue weighted by Crippen LogP contribution is -2.25. The topological polar surface area (TPSA) is 89.2 Å². The average Bonchev–Trinajstić information content (AvgIpc) is 2.77. The van der Waals surface area contributed by atoms with Gasteiger partial charge in [-0.15, -0.1) is 0 Å². The quantitative estimate of drug-likeness (QED) is 0.598. The van der Waals surface area contributed by atoms with E-state index >= 15 is 0 Å². The average molecular weight is 402 g/mol. The van der Waals surface area contributed by atoms with Gasteiger partial charge in [-0.05, 0) is 54.3 Å². The maximum absolute atomic E-state index is 12.5.